The van der Waals surface area contributed by atoms with Gasteiger partial charge < -0.3 is 10.3 Å². The zero-order valence-corrected chi connectivity index (χ0v) is 13.7. The number of hydrogen-bond acceptors (Lipinski definition) is 4. The first-order valence-corrected chi connectivity index (χ1v) is 8.08. The second kappa shape index (κ2) is 8.23. The van der Waals surface area contributed by atoms with Crippen molar-refractivity contribution >= 4 is 22.9 Å². The first-order valence-electron chi connectivity index (χ1n) is 8.08. The number of carbonyl (C=O) groups is 1. The minimum absolute atomic E-state index is 0.544. The molecule has 0 unspecified atom stereocenters. The van der Waals surface area contributed by atoms with Crippen LogP contribution < -0.4 is 10.8 Å². The Labute approximate surface area is 145 Å². The highest BCUT2D eigenvalue weighted by molar-refractivity contribution is 5.90. The molecule has 0 aliphatic carbocycles. The van der Waals surface area contributed by atoms with Gasteiger partial charge in [0, 0.05) is 30.4 Å². The Morgan fingerprint density at radius 3 is 2.84 bits per heavy atom. The first-order chi connectivity index (χ1) is 12.3. The minimum Gasteiger partial charge on any atom is -0.360 e. The third kappa shape index (κ3) is 4.53. The van der Waals surface area contributed by atoms with Crippen LogP contribution in [0.4, 0.5) is 0 Å². The summed E-state index contributed by atoms with van der Waals surface area (Å²) in [5.41, 5.74) is 5.93. The van der Waals surface area contributed by atoms with Crippen molar-refractivity contribution in [2.45, 2.75) is 13.0 Å². The van der Waals surface area contributed by atoms with Crippen molar-refractivity contribution in [2.24, 2.45) is 0 Å². The number of carbonyl (C=O) groups excluding carboxylic acids is 1. The molecule has 3 rings (SSSR count). The fourth-order valence-corrected chi connectivity index (χ4v) is 2.65. The summed E-state index contributed by atoms with van der Waals surface area (Å²) in [6, 6.07) is 9.97. The molecule has 0 spiro atoms. The SMILES string of the molecule is O=C(/C=C/c1ccc(CNCCc2cncc3[nH]ccc23)cc1)NO. The Balaban J connectivity index is 1.48. The quantitative estimate of drug-likeness (QED) is 0.231. The number of nitrogens with zero attached hydrogens (tertiary/aromatic N) is 1. The smallest absolute Gasteiger partial charge is 0.267 e. The summed E-state index contributed by atoms with van der Waals surface area (Å²) in [6.45, 7) is 1.64. The number of rotatable bonds is 7. The van der Waals surface area contributed by atoms with Crippen molar-refractivity contribution in [3.05, 3.63) is 71.7 Å². The van der Waals surface area contributed by atoms with Gasteiger partial charge in [-0.2, -0.15) is 0 Å². The van der Waals surface area contributed by atoms with E-state index in [1.807, 2.05) is 42.9 Å². The third-order valence-electron chi connectivity index (χ3n) is 3.98. The van der Waals surface area contributed by atoms with Crippen LogP contribution in [0, 0.1) is 0 Å². The molecule has 1 amide bonds. The Morgan fingerprint density at radius 1 is 1.20 bits per heavy atom. The largest absolute Gasteiger partial charge is 0.360 e. The lowest BCUT2D eigenvalue weighted by molar-refractivity contribution is -0.124. The molecule has 6 heteroatoms. The van der Waals surface area contributed by atoms with Gasteiger partial charge in [-0.1, -0.05) is 24.3 Å². The van der Waals surface area contributed by atoms with Gasteiger partial charge in [0.05, 0.1) is 11.7 Å². The van der Waals surface area contributed by atoms with Crippen molar-refractivity contribution in [2.75, 3.05) is 6.54 Å². The highest BCUT2D eigenvalue weighted by Crippen LogP contribution is 2.16. The highest BCUT2D eigenvalue weighted by atomic mass is 16.5. The predicted molar refractivity (Wildman–Crippen MR) is 96.9 cm³/mol. The van der Waals surface area contributed by atoms with E-state index < -0.39 is 5.91 Å². The van der Waals surface area contributed by atoms with E-state index in [-0.39, 0.29) is 0 Å². The maximum Gasteiger partial charge on any atom is 0.267 e. The molecule has 0 fully saturated rings. The average Bonchev–Trinajstić information content (AvgIpc) is 3.13. The van der Waals surface area contributed by atoms with Crippen LogP contribution >= 0.6 is 0 Å². The average molecular weight is 336 g/mol. The maximum absolute atomic E-state index is 10.9. The molecule has 3 aromatic rings. The lowest BCUT2D eigenvalue weighted by atomic mass is 10.1. The van der Waals surface area contributed by atoms with Crippen molar-refractivity contribution in [1.29, 1.82) is 0 Å². The molecule has 1 aromatic carbocycles. The minimum atomic E-state index is -0.544. The summed E-state index contributed by atoms with van der Waals surface area (Å²) in [5.74, 6) is -0.544. The van der Waals surface area contributed by atoms with Gasteiger partial charge in [-0.25, -0.2) is 5.48 Å². The summed E-state index contributed by atoms with van der Waals surface area (Å²) in [6.07, 6.45) is 9.53. The van der Waals surface area contributed by atoms with Crippen LogP contribution in [0.15, 0.2) is 55.0 Å². The zero-order chi connectivity index (χ0) is 17.5. The number of benzene rings is 1. The normalized spacial score (nSPS) is 11.2. The van der Waals surface area contributed by atoms with Crippen molar-refractivity contribution in [3.8, 4) is 0 Å². The van der Waals surface area contributed by atoms with Crippen LogP contribution in [0.3, 0.4) is 0 Å². The van der Waals surface area contributed by atoms with Gasteiger partial charge in [0.25, 0.3) is 5.91 Å². The van der Waals surface area contributed by atoms with Crippen LogP contribution in [0.1, 0.15) is 16.7 Å². The molecule has 128 valence electrons. The number of aromatic nitrogens is 2. The number of aromatic amines is 1. The van der Waals surface area contributed by atoms with Crippen LogP contribution in [0.5, 0.6) is 0 Å². The molecule has 0 aliphatic heterocycles. The standard InChI is InChI=1S/C19H20N4O2/c24-19(23-25)6-5-14-1-3-15(4-2-14)11-20-9-7-16-12-21-13-18-17(16)8-10-22-18/h1-6,8,10,12-13,20,22,25H,7,9,11H2,(H,23,24)/b6-5+. The van der Waals surface area contributed by atoms with E-state index in [0.29, 0.717) is 0 Å². The van der Waals surface area contributed by atoms with Crippen LogP contribution in [-0.4, -0.2) is 27.6 Å². The van der Waals surface area contributed by atoms with E-state index in [0.717, 1.165) is 30.6 Å². The molecule has 0 saturated carbocycles. The van der Waals surface area contributed by atoms with Gasteiger partial charge in [0.15, 0.2) is 0 Å². The molecule has 2 heterocycles. The summed E-state index contributed by atoms with van der Waals surface area (Å²) in [5, 5.41) is 13.1. The maximum atomic E-state index is 10.9. The monoisotopic (exact) mass is 336 g/mol. The molecule has 0 atom stereocenters. The Kier molecular flexibility index (Phi) is 5.56. The second-order valence-electron chi connectivity index (χ2n) is 5.72. The van der Waals surface area contributed by atoms with Gasteiger partial charge >= 0.3 is 0 Å². The summed E-state index contributed by atoms with van der Waals surface area (Å²) < 4.78 is 0. The van der Waals surface area contributed by atoms with E-state index in [4.69, 9.17) is 5.21 Å². The molecule has 0 bridgehead atoms. The van der Waals surface area contributed by atoms with E-state index in [2.05, 4.69) is 21.4 Å². The van der Waals surface area contributed by atoms with Crippen molar-refractivity contribution in [1.82, 2.24) is 20.8 Å². The number of H-pyrrole nitrogens is 1. The molecule has 25 heavy (non-hydrogen) atoms. The zero-order valence-electron chi connectivity index (χ0n) is 13.7. The van der Waals surface area contributed by atoms with Gasteiger partial charge in [0.1, 0.15) is 0 Å². The van der Waals surface area contributed by atoms with E-state index in [1.165, 1.54) is 22.6 Å². The summed E-state index contributed by atoms with van der Waals surface area (Å²) >= 11 is 0. The lowest BCUT2D eigenvalue weighted by Crippen LogP contribution is -2.16. The lowest BCUT2D eigenvalue weighted by Gasteiger charge is -2.06. The fraction of sp³-hybridized carbons (Fsp3) is 0.158. The van der Waals surface area contributed by atoms with Gasteiger partial charge in [-0.3, -0.25) is 15.0 Å². The Morgan fingerprint density at radius 2 is 2.04 bits per heavy atom. The topological polar surface area (TPSA) is 90.0 Å². The Hall–Kier alpha value is -2.96. The van der Waals surface area contributed by atoms with Crippen molar-refractivity contribution < 1.29 is 10.0 Å². The molecule has 4 N–H and O–H groups in total. The number of pyridine rings is 1. The van der Waals surface area contributed by atoms with Crippen molar-refractivity contribution in [3.63, 3.8) is 0 Å². The first kappa shape index (κ1) is 16.9. The number of amides is 1. The van der Waals surface area contributed by atoms with E-state index in [1.54, 1.807) is 11.6 Å². The predicted octanol–water partition coefficient (Wildman–Crippen LogP) is 2.41. The molecule has 0 radical (unpaired) electrons. The number of nitrogens with one attached hydrogen (secondary N) is 3. The van der Waals surface area contributed by atoms with E-state index in [9.17, 15) is 4.79 Å². The molecular formula is C19H20N4O2. The number of hydroxylamine groups is 1. The highest BCUT2D eigenvalue weighted by Gasteiger charge is 2.02. The molecule has 0 saturated heterocycles. The second-order valence-corrected chi connectivity index (χ2v) is 5.72. The summed E-state index contributed by atoms with van der Waals surface area (Å²) in [7, 11) is 0. The fourth-order valence-electron chi connectivity index (χ4n) is 2.65. The number of fused-ring (bicyclic) bond motifs is 1. The van der Waals surface area contributed by atoms with Gasteiger partial charge in [-0.15, -0.1) is 0 Å². The summed E-state index contributed by atoms with van der Waals surface area (Å²) in [4.78, 5) is 18.4. The van der Waals surface area contributed by atoms with Crippen LogP contribution in [-0.2, 0) is 17.8 Å². The third-order valence-corrected chi connectivity index (χ3v) is 3.98. The molecular weight excluding hydrogens is 316 g/mol. The molecule has 2 aromatic heterocycles. The molecule has 0 aliphatic rings. The van der Waals surface area contributed by atoms with Crippen LogP contribution in [0.2, 0.25) is 0 Å². The van der Waals surface area contributed by atoms with Gasteiger partial charge in [0.2, 0.25) is 0 Å². The number of hydrogen-bond donors (Lipinski definition) is 4. The van der Waals surface area contributed by atoms with E-state index >= 15 is 0 Å². The van der Waals surface area contributed by atoms with Crippen LogP contribution in [0.25, 0.3) is 17.0 Å². The molecule has 6 nitrogen and oxygen atoms in total. The van der Waals surface area contributed by atoms with Gasteiger partial charge in [-0.05, 0) is 41.8 Å². The Bertz CT molecular complexity index is 869.